The van der Waals surface area contributed by atoms with Crippen LogP contribution in [0.15, 0.2) is 30.3 Å². The molecule has 0 aromatic heterocycles. The van der Waals surface area contributed by atoms with Crippen LogP contribution in [0.3, 0.4) is 0 Å². The van der Waals surface area contributed by atoms with Crippen LogP contribution < -0.4 is 16.0 Å². The predicted molar refractivity (Wildman–Crippen MR) is 89.4 cm³/mol. The lowest BCUT2D eigenvalue weighted by Gasteiger charge is -2.23. The Hall–Kier alpha value is -1.55. The number of para-hydroxylation sites is 1. The fourth-order valence-corrected chi connectivity index (χ4v) is 2.19. The SMILES string of the molecule is CCN(CCCNC(=O)CCC(C)CN)c1ccccc1. The van der Waals surface area contributed by atoms with Gasteiger partial charge in [0.15, 0.2) is 0 Å². The summed E-state index contributed by atoms with van der Waals surface area (Å²) in [6.07, 6.45) is 2.41. The van der Waals surface area contributed by atoms with Crippen LogP contribution in [0.25, 0.3) is 0 Å². The maximum absolute atomic E-state index is 11.7. The molecule has 0 heterocycles. The number of carbonyl (C=O) groups is 1. The number of hydrogen-bond acceptors (Lipinski definition) is 3. The first kappa shape index (κ1) is 17.5. The summed E-state index contributed by atoms with van der Waals surface area (Å²) in [6, 6.07) is 10.4. The fourth-order valence-electron chi connectivity index (χ4n) is 2.19. The molecule has 0 aliphatic carbocycles. The number of hydrogen-bond donors (Lipinski definition) is 2. The summed E-state index contributed by atoms with van der Waals surface area (Å²) < 4.78 is 0. The van der Waals surface area contributed by atoms with Crippen LogP contribution in [-0.2, 0) is 4.79 Å². The van der Waals surface area contributed by atoms with E-state index in [0.717, 1.165) is 32.5 Å². The number of benzene rings is 1. The summed E-state index contributed by atoms with van der Waals surface area (Å²) in [5, 5.41) is 2.99. The lowest BCUT2D eigenvalue weighted by Crippen LogP contribution is -2.30. The van der Waals surface area contributed by atoms with Crippen LogP contribution in [0.1, 0.15) is 33.1 Å². The van der Waals surface area contributed by atoms with Crippen molar-refractivity contribution in [2.24, 2.45) is 11.7 Å². The number of nitrogens with one attached hydrogen (secondary N) is 1. The molecule has 0 aliphatic heterocycles. The van der Waals surface area contributed by atoms with Crippen LogP contribution in [0, 0.1) is 5.92 Å². The van der Waals surface area contributed by atoms with Crippen LogP contribution >= 0.6 is 0 Å². The highest BCUT2D eigenvalue weighted by Crippen LogP contribution is 2.12. The smallest absolute Gasteiger partial charge is 0.220 e. The molecule has 0 saturated heterocycles. The first-order chi connectivity index (χ1) is 10.2. The van der Waals surface area contributed by atoms with Gasteiger partial charge >= 0.3 is 0 Å². The Balaban J connectivity index is 2.19. The first-order valence-electron chi connectivity index (χ1n) is 7.94. The Morgan fingerprint density at radius 3 is 2.67 bits per heavy atom. The van der Waals surface area contributed by atoms with Gasteiger partial charge in [0.25, 0.3) is 0 Å². The van der Waals surface area contributed by atoms with Crippen molar-refractivity contribution < 1.29 is 4.79 Å². The summed E-state index contributed by atoms with van der Waals surface area (Å²) in [6.45, 7) is 7.55. The van der Waals surface area contributed by atoms with E-state index in [1.807, 2.05) is 6.07 Å². The number of rotatable bonds is 10. The first-order valence-corrected chi connectivity index (χ1v) is 7.94. The molecule has 0 spiro atoms. The standard InChI is InChI=1S/C17H29N3O/c1-3-20(16-8-5-4-6-9-16)13-7-12-19-17(21)11-10-15(2)14-18/h4-6,8-9,15H,3,7,10-14,18H2,1-2H3,(H,19,21). The monoisotopic (exact) mass is 291 g/mol. The van der Waals surface area contributed by atoms with Crippen molar-refractivity contribution in [3.8, 4) is 0 Å². The molecule has 1 atom stereocenters. The summed E-state index contributed by atoms with van der Waals surface area (Å²) in [4.78, 5) is 14.0. The Labute approximate surface area is 128 Å². The molecule has 1 unspecified atom stereocenters. The van der Waals surface area contributed by atoms with E-state index in [9.17, 15) is 4.79 Å². The van der Waals surface area contributed by atoms with Crippen molar-refractivity contribution in [1.82, 2.24) is 5.32 Å². The molecule has 4 nitrogen and oxygen atoms in total. The second-order valence-electron chi connectivity index (χ2n) is 5.50. The van der Waals surface area contributed by atoms with Crippen LogP contribution in [0.4, 0.5) is 5.69 Å². The molecule has 118 valence electrons. The van der Waals surface area contributed by atoms with Gasteiger partial charge in [-0.3, -0.25) is 4.79 Å². The highest BCUT2D eigenvalue weighted by molar-refractivity contribution is 5.75. The Morgan fingerprint density at radius 2 is 2.05 bits per heavy atom. The summed E-state index contributed by atoms with van der Waals surface area (Å²) in [5.74, 6) is 0.558. The summed E-state index contributed by atoms with van der Waals surface area (Å²) in [5.41, 5.74) is 6.79. The van der Waals surface area contributed by atoms with Crippen LogP contribution in [0.2, 0.25) is 0 Å². The van der Waals surface area contributed by atoms with E-state index in [0.29, 0.717) is 18.9 Å². The second-order valence-corrected chi connectivity index (χ2v) is 5.50. The van der Waals surface area contributed by atoms with Gasteiger partial charge in [-0.25, -0.2) is 0 Å². The Bertz CT molecular complexity index is 394. The Kier molecular flexibility index (Phi) is 8.51. The van der Waals surface area contributed by atoms with Gasteiger partial charge in [-0.15, -0.1) is 0 Å². The van der Waals surface area contributed by atoms with E-state index in [-0.39, 0.29) is 5.91 Å². The third-order valence-electron chi connectivity index (χ3n) is 3.70. The van der Waals surface area contributed by atoms with Crippen molar-refractivity contribution in [3.05, 3.63) is 30.3 Å². The molecule has 1 rings (SSSR count). The van der Waals surface area contributed by atoms with Gasteiger partial charge in [0.2, 0.25) is 5.91 Å². The van der Waals surface area contributed by atoms with Crippen molar-refractivity contribution in [2.45, 2.75) is 33.1 Å². The van der Waals surface area contributed by atoms with Crippen molar-refractivity contribution in [2.75, 3.05) is 31.1 Å². The van der Waals surface area contributed by atoms with E-state index in [4.69, 9.17) is 5.73 Å². The van der Waals surface area contributed by atoms with E-state index in [1.165, 1.54) is 5.69 Å². The molecular weight excluding hydrogens is 262 g/mol. The van der Waals surface area contributed by atoms with Crippen molar-refractivity contribution in [1.29, 1.82) is 0 Å². The summed E-state index contributed by atoms with van der Waals surface area (Å²) in [7, 11) is 0. The molecule has 0 saturated carbocycles. The normalized spacial score (nSPS) is 12.0. The third kappa shape index (κ3) is 7.14. The number of amides is 1. The van der Waals surface area contributed by atoms with Gasteiger partial charge in [-0.1, -0.05) is 25.1 Å². The van der Waals surface area contributed by atoms with Gasteiger partial charge in [-0.2, -0.15) is 0 Å². The van der Waals surface area contributed by atoms with Gasteiger partial charge in [0, 0.05) is 31.7 Å². The van der Waals surface area contributed by atoms with Crippen molar-refractivity contribution in [3.63, 3.8) is 0 Å². The Morgan fingerprint density at radius 1 is 1.33 bits per heavy atom. The molecule has 3 N–H and O–H groups in total. The van der Waals surface area contributed by atoms with Gasteiger partial charge < -0.3 is 16.0 Å². The lowest BCUT2D eigenvalue weighted by molar-refractivity contribution is -0.121. The van der Waals surface area contributed by atoms with Gasteiger partial charge in [-0.05, 0) is 44.4 Å². The molecule has 0 fully saturated rings. The van der Waals surface area contributed by atoms with Crippen LogP contribution in [-0.4, -0.2) is 32.1 Å². The zero-order valence-corrected chi connectivity index (χ0v) is 13.3. The highest BCUT2D eigenvalue weighted by Gasteiger charge is 2.06. The molecule has 1 aromatic rings. The number of nitrogens with two attached hydrogens (primary N) is 1. The molecule has 0 bridgehead atoms. The maximum Gasteiger partial charge on any atom is 0.220 e. The minimum Gasteiger partial charge on any atom is -0.372 e. The molecule has 1 aromatic carbocycles. The topological polar surface area (TPSA) is 58.4 Å². The predicted octanol–water partition coefficient (Wildman–Crippen LogP) is 2.39. The zero-order valence-electron chi connectivity index (χ0n) is 13.3. The van der Waals surface area contributed by atoms with E-state index < -0.39 is 0 Å². The van der Waals surface area contributed by atoms with E-state index in [1.54, 1.807) is 0 Å². The average Bonchev–Trinajstić information content (AvgIpc) is 2.53. The number of carbonyl (C=O) groups excluding carboxylic acids is 1. The minimum atomic E-state index is 0.137. The van der Waals surface area contributed by atoms with E-state index >= 15 is 0 Å². The zero-order chi connectivity index (χ0) is 15.5. The highest BCUT2D eigenvalue weighted by atomic mass is 16.1. The van der Waals surface area contributed by atoms with Crippen molar-refractivity contribution >= 4 is 11.6 Å². The lowest BCUT2D eigenvalue weighted by atomic mass is 10.1. The average molecular weight is 291 g/mol. The minimum absolute atomic E-state index is 0.137. The molecule has 1 amide bonds. The third-order valence-corrected chi connectivity index (χ3v) is 3.70. The quantitative estimate of drug-likeness (QED) is 0.651. The largest absolute Gasteiger partial charge is 0.372 e. The second kappa shape index (κ2) is 10.2. The number of anilines is 1. The van der Waals surface area contributed by atoms with Gasteiger partial charge in [0.1, 0.15) is 0 Å². The van der Waals surface area contributed by atoms with E-state index in [2.05, 4.69) is 48.3 Å². The fraction of sp³-hybridized carbons (Fsp3) is 0.588. The molecule has 0 radical (unpaired) electrons. The molecule has 21 heavy (non-hydrogen) atoms. The molecule has 0 aliphatic rings. The molecular formula is C17H29N3O. The number of nitrogens with zero attached hydrogens (tertiary/aromatic N) is 1. The van der Waals surface area contributed by atoms with Gasteiger partial charge in [0.05, 0.1) is 0 Å². The molecule has 4 heteroatoms. The summed E-state index contributed by atoms with van der Waals surface area (Å²) >= 11 is 0. The maximum atomic E-state index is 11.7. The van der Waals surface area contributed by atoms with Crippen LogP contribution in [0.5, 0.6) is 0 Å².